The van der Waals surface area contributed by atoms with Crippen molar-refractivity contribution in [2.45, 2.75) is 61.3 Å². The summed E-state index contributed by atoms with van der Waals surface area (Å²) in [5.41, 5.74) is 0. The number of ether oxygens (including phenoxy) is 3. The van der Waals surface area contributed by atoms with Crippen molar-refractivity contribution in [3.63, 3.8) is 0 Å². The molecule has 0 aromatic rings. The maximum absolute atomic E-state index is 12.9. The van der Waals surface area contributed by atoms with Gasteiger partial charge in [0.05, 0.1) is 0 Å². The minimum atomic E-state index is -7.49. The van der Waals surface area contributed by atoms with Crippen LogP contribution in [-0.4, -0.2) is 61.3 Å². The molecule has 0 spiro atoms. The first-order chi connectivity index (χ1) is 14.0. The summed E-state index contributed by atoms with van der Waals surface area (Å²) < 4.78 is 253. The second-order valence-corrected chi connectivity index (χ2v) is 5.27. The van der Waals surface area contributed by atoms with E-state index in [4.69, 9.17) is 0 Å². The SMILES string of the molecule is FC(OC(F)(F)C(F)(F)C(F)(F)F)C(F)(F)OC(F)(F)C(F)OC(F)(F)C(F)(F)C(F)(F)F. The average molecular weight is 550 g/mol. The molecule has 33 heavy (non-hydrogen) atoms. The zero-order valence-electron chi connectivity index (χ0n) is 13.9. The summed E-state index contributed by atoms with van der Waals surface area (Å²) in [4.78, 5) is 0. The Bertz CT molecular complexity index is 608. The molecule has 0 radical (unpaired) electrons. The average Bonchev–Trinajstić information content (AvgIpc) is 2.50. The van der Waals surface area contributed by atoms with Gasteiger partial charge in [0.25, 0.3) is 12.7 Å². The Morgan fingerprint density at radius 3 is 0.788 bits per heavy atom. The fraction of sp³-hybridized carbons (Fsp3) is 1.00. The van der Waals surface area contributed by atoms with Gasteiger partial charge in [0.15, 0.2) is 0 Å². The molecule has 2 atom stereocenters. The number of halogens is 20. The van der Waals surface area contributed by atoms with Crippen molar-refractivity contribution < 1.29 is 102 Å². The highest BCUT2D eigenvalue weighted by atomic mass is 19.4. The minimum Gasteiger partial charge on any atom is -0.272 e. The molecule has 0 fully saturated rings. The van der Waals surface area contributed by atoms with E-state index in [1.165, 1.54) is 0 Å². The second-order valence-electron chi connectivity index (χ2n) is 5.27. The summed E-state index contributed by atoms with van der Waals surface area (Å²) >= 11 is 0. The molecule has 0 aliphatic heterocycles. The molecule has 0 aliphatic rings. The zero-order chi connectivity index (χ0) is 27.3. The third kappa shape index (κ3) is 6.33. The van der Waals surface area contributed by atoms with E-state index in [1.54, 1.807) is 14.2 Å². The Morgan fingerprint density at radius 1 is 0.394 bits per heavy atom. The van der Waals surface area contributed by atoms with Crippen molar-refractivity contribution in [1.82, 2.24) is 0 Å². The highest BCUT2D eigenvalue weighted by Crippen LogP contribution is 2.50. The first-order valence-electron chi connectivity index (χ1n) is 6.70. The molecule has 0 bridgehead atoms. The van der Waals surface area contributed by atoms with Crippen molar-refractivity contribution in [1.29, 1.82) is 0 Å². The fourth-order valence-electron chi connectivity index (χ4n) is 1.15. The first-order valence-corrected chi connectivity index (χ1v) is 6.70. The van der Waals surface area contributed by atoms with Gasteiger partial charge < -0.3 is 0 Å². The summed E-state index contributed by atoms with van der Waals surface area (Å²) in [6, 6.07) is 0. The van der Waals surface area contributed by atoms with Crippen LogP contribution >= 0.6 is 0 Å². The van der Waals surface area contributed by atoms with Gasteiger partial charge in [-0.2, -0.15) is 79.0 Å². The van der Waals surface area contributed by atoms with Gasteiger partial charge in [-0.15, -0.1) is 0 Å². The minimum absolute atomic E-state index is 1.65. The summed E-state index contributed by atoms with van der Waals surface area (Å²) in [5, 5.41) is 0. The van der Waals surface area contributed by atoms with Crippen molar-refractivity contribution in [3.8, 4) is 0 Å². The lowest BCUT2D eigenvalue weighted by Gasteiger charge is -2.33. The number of rotatable bonds is 10. The van der Waals surface area contributed by atoms with Crippen LogP contribution in [0.25, 0.3) is 0 Å². The van der Waals surface area contributed by atoms with Gasteiger partial charge in [-0.3, -0.25) is 9.47 Å². The molecule has 23 heteroatoms. The standard InChI is InChI=1S/C10H2F20O3/c11-1(31-9(27,28)5(17,18)7(21,22)23)3(13,14)33-4(15,16)2(12)32-10(29,30)6(19,20)8(24,25)26/h1-2H. The lowest BCUT2D eigenvalue weighted by Crippen LogP contribution is -2.58. The Morgan fingerprint density at radius 2 is 0.606 bits per heavy atom. The molecule has 0 amide bonds. The van der Waals surface area contributed by atoms with Crippen molar-refractivity contribution in [2.75, 3.05) is 0 Å². The predicted octanol–water partition coefficient (Wildman–Crippen LogP) is 6.39. The fourth-order valence-corrected chi connectivity index (χ4v) is 1.15. The third-order valence-electron chi connectivity index (χ3n) is 2.75. The zero-order valence-corrected chi connectivity index (χ0v) is 13.9. The Kier molecular flexibility index (Phi) is 8.21. The van der Waals surface area contributed by atoms with Gasteiger partial charge in [0.2, 0.25) is 0 Å². The van der Waals surface area contributed by atoms with Gasteiger partial charge >= 0.3 is 48.6 Å². The summed E-state index contributed by atoms with van der Waals surface area (Å²) in [7, 11) is 0. The van der Waals surface area contributed by atoms with Crippen LogP contribution in [0.3, 0.4) is 0 Å². The molecular weight excluding hydrogens is 548 g/mol. The number of alkyl halides is 20. The topological polar surface area (TPSA) is 27.7 Å². The van der Waals surface area contributed by atoms with Crippen LogP contribution in [0.5, 0.6) is 0 Å². The molecule has 2 unspecified atom stereocenters. The van der Waals surface area contributed by atoms with Crippen molar-refractivity contribution >= 4 is 0 Å². The van der Waals surface area contributed by atoms with Gasteiger partial charge in [0.1, 0.15) is 0 Å². The van der Waals surface area contributed by atoms with E-state index in [1.807, 2.05) is 0 Å². The first kappa shape index (κ1) is 31.5. The number of hydrogen-bond donors (Lipinski definition) is 0. The smallest absolute Gasteiger partial charge is 0.272 e. The van der Waals surface area contributed by atoms with Crippen molar-refractivity contribution in [3.05, 3.63) is 0 Å². The molecule has 3 nitrogen and oxygen atoms in total. The van der Waals surface area contributed by atoms with Crippen LogP contribution in [0, 0.1) is 0 Å². The van der Waals surface area contributed by atoms with Crippen LogP contribution in [0.15, 0.2) is 0 Å². The summed E-state index contributed by atoms with van der Waals surface area (Å²) in [5.74, 6) is -15.0. The van der Waals surface area contributed by atoms with Gasteiger partial charge in [0, 0.05) is 0 Å². The lowest BCUT2D eigenvalue weighted by molar-refractivity contribution is -0.508. The largest absolute Gasteiger partial charge is 0.462 e. The van der Waals surface area contributed by atoms with Crippen LogP contribution in [0.1, 0.15) is 0 Å². The van der Waals surface area contributed by atoms with Gasteiger partial charge in [-0.1, -0.05) is 0 Å². The predicted molar refractivity (Wildman–Crippen MR) is 54.8 cm³/mol. The maximum atomic E-state index is 12.9. The van der Waals surface area contributed by atoms with E-state index >= 15 is 0 Å². The number of hydrogen-bond acceptors (Lipinski definition) is 3. The molecular formula is C10H2F20O3. The normalized spacial score (nSPS) is 17.8. The molecule has 0 aliphatic carbocycles. The molecule has 0 saturated heterocycles. The van der Waals surface area contributed by atoms with E-state index in [0.717, 1.165) is 0 Å². The maximum Gasteiger partial charge on any atom is 0.462 e. The van der Waals surface area contributed by atoms with Crippen LogP contribution < -0.4 is 0 Å². The molecule has 0 aromatic carbocycles. The lowest BCUT2D eigenvalue weighted by atomic mass is 10.3. The van der Waals surface area contributed by atoms with Crippen LogP contribution in [-0.2, 0) is 14.2 Å². The molecule has 0 N–H and O–H groups in total. The van der Waals surface area contributed by atoms with Crippen LogP contribution in [0.4, 0.5) is 87.8 Å². The van der Waals surface area contributed by atoms with Gasteiger partial charge in [-0.05, 0) is 0 Å². The monoisotopic (exact) mass is 550 g/mol. The van der Waals surface area contributed by atoms with E-state index < -0.39 is 61.3 Å². The molecule has 0 aromatic heterocycles. The third-order valence-corrected chi connectivity index (χ3v) is 2.75. The highest BCUT2D eigenvalue weighted by molar-refractivity contribution is 4.87. The molecule has 0 saturated carbocycles. The highest BCUT2D eigenvalue weighted by Gasteiger charge is 2.78. The Labute approximate surface area is 165 Å². The Hall–Kier alpha value is -1.52. The van der Waals surface area contributed by atoms with E-state index in [9.17, 15) is 87.8 Å². The molecule has 200 valence electrons. The van der Waals surface area contributed by atoms with Crippen molar-refractivity contribution in [2.24, 2.45) is 0 Å². The molecule has 0 heterocycles. The summed E-state index contributed by atoms with van der Waals surface area (Å²) in [6.45, 7) is 0. The second kappa shape index (κ2) is 8.61. The quantitative estimate of drug-likeness (QED) is 0.295. The molecule has 0 rings (SSSR count). The van der Waals surface area contributed by atoms with Crippen LogP contribution in [0.2, 0.25) is 0 Å². The van der Waals surface area contributed by atoms with E-state index in [0.29, 0.717) is 0 Å². The van der Waals surface area contributed by atoms with E-state index in [2.05, 4.69) is 0 Å². The summed E-state index contributed by atoms with van der Waals surface area (Å²) in [6.07, 6.45) is -54.9. The Balaban J connectivity index is 5.66. The van der Waals surface area contributed by atoms with E-state index in [-0.39, 0.29) is 0 Å². The van der Waals surface area contributed by atoms with Gasteiger partial charge in [-0.25, -0.2) is 13.5 Å².